The zero-order valence-corrected chi connectivity index (χ0v) is 15.5. The van der Waals surface area contributed by atoms with Crippen molar-refractivity contribution in [1.29, 1.82) is 0 Å². The van der Waals surface area contributed by atoms with Crippen LogP contribution in [0.2, 0.25) is 0 Å². The molecule has 2 aromatic carbocycles. The van der Waals surface area contributed by atoms with E-state index in [1.165, 1.54) is 35.9 Å². The average molecular weight is 406 g/mol. The molecule has 150 valence electrons. The number of nitro groups is 1. The molecule has 0 unspecified atom stereocenters. The Morgan fingerprint density at radius 2 is 1.87 bits per heavy atom. The van der Waals surface area contributed by atoms with Crippen LogP contribution in [-0.4, -0.2) is 37.5 Å². The van der Waals surface area contributed by atoms with Gasteiger partial charge < -0.3 is 15.5 Å². The minimum atomic E-state index is -0.862. The van der Waals surface area contributed by atoms with Crippen molar-refractivity contribution in [2.24, 2.45) is 5.73 Å². The van der Waals surface area contributed by atoms with Crippen LogP contribution in [0.5, 0.6) is 5.75 Å². The van der Waals surface area contributed by atoms with Crippen molar-refractivity contribution in [1.82, 2.24) is 19.5 Å². The number of ether oxygens (including phenoxy) is 1. The number of para-hydroxylation sites is 2. The van der Waals surface area contributed by atoms with Crippen LogP contribution in [0.3, 0.4) is 0 Å². The summed E-state index contributed by atoms with van der Waals surface area (Å²) < 4.78 is 6.58. The topological polar surface area (TPSA) is 159 Å². The van der Waals surface area contributed by atoms with Gasteiger partial charge in [-0.3, -0.25) is 14.9 Å². The predicted molar refractivity (Wildman–Crippen MR) is 107 cm³/mol. The lowest BCUT2D eigenvalue weighted by Gasteiger charge is -2.09. The molecule has 0 bridgehead atoms. The van der Waals surface area contributed by atoms with Crippen LogP contribution in [-0.2, 0) is 0 Å². The summed E-state index contributed by atoms with van der Waals surface area (Å²) in [5, 5.41) is 10.9. The maximum Gasteiger partial charge on any atom is 0.332 e. The highest BCUT2D eigenvalue weighted by Gasteiger charge is 2.21. The normalized spacial score (nSPS) is 10.8. The molecular formula is C19H14N6O5. The van der Waals surface area contributed by atoms with Gasteiger partial charge in [-0.1, -0.05) is 12.1 Å². The summed E-state index contributed by atoms with van der Waals surface area (Å²) in [5.74, 6) is -0.371. The third kappa shape index (κ3) is 3.03. The largest absolute Gasteiger partial charge is 0.495 e. The zero-order chi connectivity index (χ0) is 21.4. The number of imidazole rings is 1. The van der Waals surface area contributed by atoms with Crippen molar-refractivity contribution >= 4 is 22.8 Å². The first-order valence-corrected chi connectivity index (χ1v) is 8.61. The molecule has 4 rings (SSSR count). The standard InChI is InChI=1S/C19H14N6O5/c1-30-13-5-3-2-4-12(13)24-18-15(22-19(24)27)14(16(20)26)21-17(23-18)10-6-8-11(9-7-10)25(28)29/h2-9H,1H3,(H2,20,26)(H,22,27). The van der Waals surface area contributed by atoms with Gasteiger partial charge in [0, 0.05) is 17.7 Å². The van der Waals surface area contributed by atoms with Gasteiger partial charge in [0.15, 0.2) is 17.2 Å². The van der Waals surface area contributed by atoms with Gasteiger partial charge in [0.1, 0.15) is 11.3 Å². The maximum atomic E-state index is 12.7. The molecule has 2 aromatic heterocycles. The monoisotopic (exact) mass is 406 g/mol. The van der Waals surface area contributed by atoms with Gasteiger partial charge in [-0.05, 0) is 24.3 Å². The maximum absolute atomic E-state index is 12.7. The van der Waals surface area contributed by atoms with E-state index < -0.39 is 16.5 Å². The molecule has 11 nitrogen and oxygen atoms in total. The van der Waals surface area contributed by atoms with Crippen molar-refractivity contribution in [3.05, 3.63) is 74.8 Å². The number of aromatic nitrogens is 4. The number of rotatable bonds is 5. The van der Waals surface area contributed by atoms with E-state index in [1.54, 1.807) is 24.3 Å². The number of nitrogens with two attached hydrogens (primary N) is 1. The Morgan fingerprint density at radius 3 is 2.50 bits per heavy atom. The average Bonchev–Trinajstić information content (AvgIpc) is 3.08. The number of hydrogen-bond acceptors (Lipinski definition) is 7. The van der Waals surface area contributed by atoms with Crippen LogP contribution < -0.4 is 16.2 Å². The number of aromatic amines is 1. The number of nitrogens with zero attached hydrogens (tertiary/aromatic N) is 4. The van der Waals surface area contributed by atoms with Gasteiger partial charge >= 0.3 is 5.69 Å². The summed E-state index contributed by atoms with van der Waals surface area (Å²) >= 11 is 0. The summed E-state index contributed by atoms with van der Waals surface area (Å²) in [6.07, 6.45) is 0. The van der Waals surface area contributed by atoms with E-state index in [9.17, 15) is 19.7 Å². The lowest BCUT2D eigenvalue weighted by atomic mass is 10.2. The third-order valence-electron chi connectivity index (χ3n) is 4.43. The van der Waals surface area contributed by atoms with Crippen molar-refractivity contribution in [2.45, 2.75) is 0 Å². The first-order chi connectivity index (χ1) is 14.4. The van der Waals surface area contributed by atoms with E-state index in [0.29, 0.717) is 17.0 Å². The molecule has 4 aromatic rings. The van der Waals surface area contributed by atoms with Gasteiger partial charge in [-0.2, -0.15) is 0 Å². The second kappa shape index (κ2) is 7.13. The number of nitrogens with one attached hydrogen (secondary N) is 1. The minimum Gasteiger partial charge on any atom is -0.495 e. The molecule has 3 N–H and O–H groups in total. The van der Waals surface area contributed by atoms with Crippen molar-refractivity contribution < 1.29 is 14.5 Å². The highest BCUT2D eigenvalue weighted by molar-refractivity contribution is 6.02. The van der Waals surface area contributed by atoms with E-state index in [1.807, 2.05) is 0 Å². The number of primary amides is 1. The number of carbonyl (C=O) groups is 1. The fourth-order valence-electron chi connectivity index (χ4n) is 3.06. The molecule has 11 heteroatoms. The smallest absolute Gasteiger partial charge is 0.332 e. The van der Waals surface area contributed by atoms with E-state index in [0.717, 1.165) is 0 Å². The van der Waals surface area contributed by atoms with Crippen LogP contribution in [0.15, 0.2) is 53.3 Å². The Kier molecular flexibility index (Phi) is 4.47. The van der Waals surface area contributed by atoms with Crippen LogP contribution in [0.4, 0.5) is 5.69 Å². The number of hydrogen-bond donors (Lipinski definition) is 2. The van der Waals surface area contributed by atoms with E-state index in [2.05, 4.69) is 15.0 Å². The number of non-ortho nitro benzene ring substituents is 1. The first-order valence-electron chi connectivity index (χ1n) is 8.61. The Hall–Kier alpha value is -4.54. The number of methoxy groups -OCH3 is 1. The van der Waals surface area contributed by atoms with Crippen LogP contribution in [0.25, 0.3) is 28.2 Å². The molecule has 0 aliphatic carbocycles. The van der Waals surface area contributed by atoms with Gasteiger partial charge in [0.2, 0.25) is 0 Å². The SMILES string of the molecule is COc1ccccc1-n1c(=O)[nH]c2c(C(N)=O)nc(-c3ccc([N+](=O)[O-])cc3)nc21. The molecule has 1 amide bonds. The van der Waals surface area contributed by atoms with E-state index in [-0.39, 0.29) is 28.4 Å². The van der Waals surface area contributed by atoms with Crippen molar-refractivity contribution in [3.8, 4) is 22.8 Å². The Bertz CT molecular complexity index is 1360. The number of nitro benzene ring substituents is 1. The fourth-order valence-corrected chi connectivity index (χ4v) is 3.06. The summed E-state index contributed by atoms with van der Waals surface area (Å²) in [7, 11) is 1.46. The molecule has 0 radical (unpaired) electrons. The number of carbonyl (C=O) groups excluding carboxylic acids is 1. The van der Waals surface area contributed by atoms with E-state index in [4.69, 9.17) is 10.5 Å². The van der Waals surface area contributed by atoms with Gasteiger partial charge in [-0.15, -0.1) is 0 Å². The van der Waals surface area contributed by atoms with Gasteiger partial charge in [0.05, 0.1) is 17.7 Å². The molecular weight excluding hydrogens is 392 g/mol. The van der Waals surface area contributed by atoms with E-state index >= 15 is 0 Å². The quantitative estimate of drug-likeness (QED) is 0.377. The number of H-pyrrole nitrogens is 1. The highest BCUT2D eigenvalue weighted by atomic mass is 16.6. The van der Waals surface area contributed by atoms with Gasteiger partial charge in [0.25, 0.3) is 11.6 Å². The number of benzene rings is 2. The molecule has 0 spiro atoms. The van der Waals surface area contributed by atoms with Crippen LogP contribution >= 0.6 is 0 Å². The summed E-state index contributed by atoms with van der Waals surface area (Å²) in [6.45, 7) is 0. The fraction of sp³-hybridized carbons (Fsp3) is 0.0526. The van der Waals surface area contributed by atoms with Gasteiger partial charge in [-0.25, -0.2) is 19.3 Å². The molecule has 0 aliphatic heterocycles. The van der Waals surface area contributed by atoms with Crippen LogP contribution in [0, 0.1) is 10.1 Å². The molecule has 0 aliphatic rings. The number of amides is 1. The predicted octanol–water partition coefficient (Wildman–Crippen LogP) is 1.79. The second-order valence-electron chi connectivity index (χ2n) is 6.20. The van der Waals surface area contributed by atoms with Crippen LogP contribution in [0.1, 0.15) is 10.5 Å². The molecule has 30 heavy (non-hydrogen) atoms. The minimum absolute atomic E-state index is 0.0732. The molecule has 2 heterocycles. The highest BCUT2D eigenvalue weighted by Crippen LogP contribution is 2.27. The lowest BCUT2D eigenvalue weighted by molar-refractivity contribution is -0.384. The lowest BCUT2D eigenvalue weighted by Crippen LogP contribution is -2.16. The third-order valence-corrected chi connectivity index (χ3v) is 4.43. The van der Waals surface area contributed by atoms with Crippen molar-refractivity contribution in [3.63, 3.8) is 0 Å². The van der Waals surface area contributed by atoms with Crippen molar-refractivity contribution in [2.75, 3.05) is 7.11 Å². The zero-order valence-electron chi connectivity index (χ0n) is 15.5. The number of fused-ring (bicyclic) bond motifs is 1. The molecule has 0 saturated carbocycles. The summed E-state index contributed by atoms with van der Waals surface area (Å²) in [6, 6.07) is 12.3. The summed E-state index contributed by atoms with van der Waals surface area (Å²) in [4.78, 5) is 46.2. The Labute approximate surface area is 167 Å². The molecule has 0 atom stereocenters. The summed E-state index contributed by atoms with van der Waals surface area (Å²) in [5.41, 5.74) is 5.61. The Morgan fingerprint density at radius 1 is 1.17 bits per heavy atom. The second-order valence-corrected chi connectivity index (χ2v) is 6.20. The molecule has 0 saturated heterocycles. The molecule has 0 fully saturated rings. The Balaban J connectivity index is 2.02. The first kappa shape index (κ1) is 18.8.